The van der Waals surface area contributed by atoms with E-state index in [1.54, 1.807) is 0 Å². The summed E-state index contributed by atoms with van der Waals surface area (Å²) in [4.78, 5) is 4.87. The van der Waals surface area contributed by atoms with Crippen LogP contribution in [0.4, 0.5) is 0 Å². The van der Waals surface area contributed by atoms with Crippen LogP contribution in [0.25, 0.3) is 38.7 Å². The molecule has 0 saturated heterocycles. The van der Waals surface area contributed by atoms with Gasteiger partial charge in [0.2, 0.25) is 0 Å². The average Bonchev–Trinajstić information content (AvgIpc) is 3.58. The number of para-hydroxylation sites is 2. The molecule has 6 heteroatoms. The Morgan fingerprint density at radius 3 is 2.33 bits per heavy atom. The summed E-state index contributed by atoms with van der Waals surface area (Å²) in [5, 5.41) is 2.24. The third-order valence-electron chi connectivity index (χ3n) is 9.92. The first-order valence-corrected chi connectivity index (χ1v) is 18.1. The normalized spacial score (nSPS) is 16.5. The van der Waals surface area contributed by atoms with Crippen LogP contribution in [0.3, 0.4) is 0 Å². The Labute approximate surface area is 303 Å². The van der Waals surface area contributed by atoms with E-state index in [0.717, 1.165) is 58.0 Å². The maximum atomic E-state index is 8.31. The van der Waals surface area contributed by atoms with Gasteiger partial charge in [0.25, 0.3) is 0 Å². The molecule has 8 rings (SSSR count). The van der Waals surface area contributed by atoms with E-state index in [1.807, 2.05) is 42.6 Å². The number of hydrogen-bond donors (Lipinski definition) is 0. The van der Waals surface area contributed by atoms with Crippen LogP contribution in [0.5, 0.6) is 11.5 Å². The van der Waals surface area contributed by atoms with Crippen molar-refractivity contribution in [3.05, 3.63) is 123 Å². The number of imidazole rings is 1. The average molecular weight is 829 g/mol. The predicted molar refractivity (Wildman–Crippen MR) is 195 cm³/mol. The second kappa shape index (κ2) is 11.7. The topological polar surface area (TPSA) is 36.9 Å². The first kappa shape index (κ1) is 28.6. The summed E-state index contributed by atoms with van der Waals surface area (Å²) >= 11 is 2.17. The molecule has 1 atom stereocenters. The molecule has 1 aliphatic carbocycles. The molecule has 1 unspecified atom stereocenters. The van der Waals surface area contributed by atoms with Crippen LogP contribution < -0.4 is 4.74 Å². The van der Waals surface area contributed by atoms with Crippen molar-refractivity contribution in [3.63, 3.8) is 0 Å². The summed E-state index contributed by atoms with van der Waals surface area (Å²) in [6.07, 6.45) is 4.70. The van der Waals surface area contributed by atoms with Crippen molar-refractivity contribution >= 4 is 32.8 Å². The van der Waals surface area contributed by atoms with E-state index >= 15 is 0 Å². The third-order valence-corrected chi connectivity index (χ3v) is 11.0. The fourth-order valence-corrected chi connectivity index (χ4v) is 8.14. The molecule has 252 valence electrons. The van der Waals surface area contributed by atoms with Crippen LogP contribution in [-0.2, 0) is 43.6 Å². The molecule has 0 N–H and O–H groups in total. The van der Waals surface area contributed by atoms with Crippen molar-refractivity contribution in [1.82, 2.24) is 18.7 Å². The van der Waals surface area contributed by atoms with Crippen LogP contribution in [0.2, 0.25) is 0 Å². The zero-order valence-corrected chi connectivity index (χ0v) is 31.1. The van der Waals surface area contributed by atoms with Crippen molar-refractivity contribution in [3.8, 4) is 17.3 Å². The summed E-state index contributed by atoms with van der Waals surface area (Å²) in [7, 11) is 0. The number of pyridine rings is 1. The molecule has 0 saturated carbocycles. The van der Waals surface area contributed by atoms with Crippen LogP contribution in [0, 0.1) is 15.9 Å². The Bertz CT molecular complexity index is 2580. The molecule has 7 aromatic rings. The first-order valence-electron chi connectivity index (χ1n) is 18.5. The summed E-state index contributed by atoms with van der Waals surface area (Å²) in [5.41, 5.74) is 8.24. The van der Waals surface area contributed by atoms with E-state index in [0.29, 0.717) is 20.8 Å². The van der Waals surface area contributed by atoms with E-state index in [9.17, 15) is 0 Å². The number of aromatic nitrogens is 4. The molecule has 3 aromatic heterocycles. The van der Waals surface area contributed by atoms with Gasteiger partial charge in [-0.25, -0.2) is 4.98 Å². The standard InChI is InChI=1S/C43H42N4O.Pt/c1-42(2,3)29-16-20-37-35(23-29)33-19-18-32(26-40(33)47(37)41-24-30(21-22-44-41)43(4,5)6)48-31-17-15-28-11-10-14-36(34(28)25-31)46-27-45(7)38-12-8-9-13-39(38)46;/h8-9,12-13,15-24,36H,10-11,14H2,1-7H3;/q-2;/i7D3;. The van der Waals surface area contributed by atoms with Crippen molar-refractivity contribution < 1.29 is 28.2 Å². The molecule has 0 aliphatic heterocycles. The molecule has 0 spiro atoms. The first-order chi connectivity index (χ1) is 24.6. The molecule has 3 heterocycles. The summed E-state index contributed by atoms with van der Waals surface area (Å²) in [6, 6.07) is 34.2. The van der Waals surface area contributed by atoms with Gasteiger partial charge >= 0.3 is 200 Å². The van der Waals surface area contributed by atoms with Gasteiger partial charge in [-0.15, -0.1) is 0 Å². The minimum atomic E-state index is -2.30. The van der Waals surface area contributed by atoms with Gasteiger partial charge in [-0.3, -0.25) is 0 Å². The van der Waals surface area contributed by atoms with E-state index in [-0.39, 0.29) is 16.9 Å². The van der Waals surface area contributed by atoms with Gasteiger partial charge in [0.1, 0.15) is 0 Å². The fourth-order valence-electron chi connectivity index (χ4n) is 7.23. The molecule has 1 aliphatic rings. The van der Waals surface area contributed by atoms with Crippen molar-refractivity contribution in [2.45, 2.75) is 77.7 Å². The Kier molecular flexibility index (Phi) is 6.83. The third kappa shape index (κ3) is 5.51. The fraction of sp³-hybridized carbons (Fsp3) is 0.302. The van der Waals surface area contributed by atoms with Gasteiger partial charge < -0.3 is 0 Å². The zero-order chi connectivity index (χ0) is 36.7. The monoisotopic (exact) mass is 828 g/mol. The maximum absolute atomic E-state index is 8.31. The summed E-state index contributed by atoms with van der Waals surface area (Å²) < 4.78 is 38.0. The molecular weight excluding hydrogens is 784 g/mol. The Hall–Kier alpha value is -4.21. The predicted octanol–water partition coefficient (Wildman–Crippen LogP) is 10.5. The zero-order valence-electron chi connectivity index (χ0n) is 31.8. The number of rotatable bonds is 4. The second-order valence-electron chi connectivity index (χ2n) is 15.3. The van der Waals surface area contributed by atoms with E-state index in [1.165, 1.54) is 21.3 Å². The summed E-state index contributed by atoms with van der Waals surface area (Å²) in [5.74, 6) is 2.03. The Balaban J connectivity index is 1.25. The Morgan fingerprint density at radius 1 is 0.816 bits per heavy atom. The molecule has 0 radical (unpaired) electrons. The SMILES string of the molecule is [2H]C([2H])([2H])n1[c](=[Pt])n(C2CCCc3ccc(Oc4[c-]c5c(cc4)c4cc(C(C)(C)C)ccc4n5-c4cc(C(C)(C)C)ccn4)[c-]c32)c2ccccc21. The van der Waals surface area contributed by atoms with Gasteiger partial charge in [-0.05, 0) is 40.2 Å². The Morgan fingerprint density at radius 2 is 1.55 bits per heavy atom. The number of nitrogens with zero attached hydrogens (tertiary/aromatic N) is 4. The number of fused-ring (bicyclic) bond motifs is 5. The quantitative estimate of drug-likeness (QED) is 0.166. The molecule has 5 nitrogen and oxygen atoms in total. The minimum absolute atomic E-state index is 0.00202. The molecular formula is C43H42N4OPt-2. The van der Waals surface area contributed by atoms with Gasteiger partial charge in [0, 0.05) is 6.20 Å². The van der Waals surface area contributed by atoms with Crippen LogP contribution in [-0.4, -0.2) is 18.7 Å². The van der Waals surface area contributed by atoms with Crippen LogP contribution >= 0.6 is 0 Å². The molecule has 49 heavy (non-hydrogen) atoms. The van der Waals surface area contributed by atoms with E-state index in [4.69, 9.17) is 13.8 Å². The van der Waals surface area contributed by atoms with Crippen molar-refractivity contribution in [2.75, 3.05) is 0 Å². The van der Waals surface area contributed by atoms with Crippen LogP contribution in [0.1, 0.15) is 86.8 Å². The second-order valence-corrected chi connectivity index (χ2v) is 16.3. The van der Waals surface area contributed by atoms with Crippen LogP contribution in [0.15, 0.2) is 85.1 Å². The van der Waals surface area contributed by atoms with Crippen molar-refractivity contribution in [1.29, 1.82) is 0 Å². The molecule has 4 aromatic carbocycles. The molecule has 0 fully saturated rings. The number of benzene rings is 4. The van der Waals surface area contributed by atoms with Gasteiger partial charge in [-0.1, -0.05) is 53.7 Å². The molecule has 0 bridgehead atoms. The van der Waals surface area contributed by atoms with Gasteiger partial charge in [0.05, 0.1) is 0 Å². The number of ether oxygens (including phenoxy) is 1. The molecule has 0 amide bonds. The van der Waals surface area contributed by atoms with E-state index < -0.39 is 6.98 Å². The van der Waals surface area contributed by atoms with Gasteiger partial charge in [0.15, 0.2) is 0 Å². The number of aryl methyl sites for hydroxylation is 2. The summed E-state index contributed by atoms with van der Waals surface area (Å²) in [6.45, 7) is 11.1. The van der Waals surface area contributed by atoms with Crippen molar-refractivity contribution in [2.24, 2.45) is 6.98 Å². The van der Waals surface area contributed by atoms with Gasteiger partial charge in [-0.2, -0.15) is 0 Å². The number of hydrogen-bond acceptors (Lipinski definition) is 2. The van der Waals surface area contributed by atoms with E-state index in [2.05, 4.69) is 125 Å².